The van der Waals surface area contributed by atoms with E-state index in [0.29, 0.717) is 24.0 Å². The molecule has 0 N–H and O–H groups in total. The first-order chi connectivity index (χ1) is 9.61. The molecule has 1 heterocycles. The van der Waals surface area contributed by atoms with Gasteiger partial charge in [0.1, 0.15) is 12.4 Å². The summed E-state index contributed by atoms with van der Waals surface area (Å²) in [6.45, 7) is 6.17. The van der Waals surface area contributed by atoms with Gasteiger partial charge >= 0.3 is 0 Å². The van der Waals surface area contributed by atoms with Crippen LogP contribution < -0.4 is 4.74 Å². The Bertz CT molecular complexity index is 590. The van der Waals surface area contributed by atoms with Crippen molar-refractivity contribution in [3.63, 3.8) is 0 Å². The van der Waals surface area contributed by atoms with E-state index in [1.54, 1.807) is 13.0 Å². The third-order valence-corrected chi connectivity index (χ3v) is 3.35. The van der Waals surface area contributed by atoms with Crippen molar-refractivity contribution in [2.24, 2.45) is 0 Å². The Morgan fingerprint density at radius 1 is 1.35 bits per heavy atom. The third-order valence-electron chi connectivity index (χ3n) is 3.35. The molecule has 2 rings (SSSR count). The molecule has 2 aromatic rings. The molecule has 0 aliphatic rings. The van der Waals surface area contributed by atoms with E-state index in [9.17, 15) is 4.79 Å². The molecule has 20 heavy (non-hydrogen) atoms. The van der Waals surface area contributed by atoms with Crippen molar-refractivity contribution in [2.45, 2.75) is 39.8 Å². The number of ketones is 1. The van der Waals surface area contributed by atoms with Gasteiger partial charge in [-0.15, -0.1) is 0 Å². The summed E-state index contributed by atoms with van der Waals surface area (Å²) in [7, 11) is 0. The molecule has 0 saturated carbocycles. The highest BCUT2D eigenvalue weighted by Gasteiger charge is 2.09. The molecule has 106 valence electrons. The first-order valence-corrected chi connectivity index (χ1v) is 6.88. The van der Waals surface area contributed by atoms with Gasteiger partial charge in [-0.2, -0.15) is 5.10 Å². The smallest absolute Gasteiger partial charge is 0.163 e. The molecular weight excluding hydrogens is 252 g/mol. The fraction of sp³-hybridized carbons (Fsp3) is 0.375. The van der Waals surface area contributed by atoms with Crippen LogP contribution >= 0.6 is 0 Å². The number of ether oxygens (including phenoxy) is 1. The summed E-state index contributed by atoms with van der Waals surface area (Å²) in [5.41, 5.74) is 1.47. The van der Waals surface area contributed by atoms with Crippen LogP contribution in [0.25, 0.3) is 0 Å². The molecule has 1 atom stereocenters. The number of nitrogens with zero attached hydrogens (tertiary/aromatic N) is 2. The predicted molar refractivity (Wildman–Crippen MR) is 78.0 cm³/mol. The predicted octanol–water partition coefficient (Wildman–Crippen LogP) is 3.64. The van der Waals surface area contributed by atoms with E-state index in [1.807, 2.05) is 35.1 Å². The van der Waals surface area contributed by atoms with Crippen LogP contribution in [-0.4, -0.2) is 15.6 Å². The van der Waals surface area contributed by atoms with Crippen LogP contribution in [-0.2, 0) is 6.61 Å². The summed E-state index contributed by atoms with van der Waals surface area (Å²) in [6.07, 6.45) is 3.00. The Labute approximate surface area is 119 Å². The number of carbonyl (C=O) groups excluding carboxylic acids is 1. The number of carbonyl (C=O) groups is 1. The Morgan fingerprint density at radius 2 is 2.10 bits per heavy atom. The largest absolute Gasteiger partial charge is 0.486 e. The first kappa shape index (κ1) is 14.3. The van der Waals surface area contributed by atoms with Crippen LogP contribution in [0.4, 0.5) is 0 Å². The second kappa shape index (κ2) is 6.37. The number of Topliss-reactive ketones (excluding diaryl/α,β-unsaturated/α-hetero) is 1. The zero-order chi connectivity index (χ0) is 14.5. The average Bonchev–Trinajstić information content (AvgIpc) is 2.93. The molecule has 0 aliphatic heterocycles. The number of para-hydroxylation sites is 1. The Kier molecular flexibility index (Phi) is 4.56. The molecule has 4 nitrogen and oxygen atoms in total. The molecule has 0 radical (unpaired) electrons. The minimum atomic E-state index is 0.00531. The van der Waals surface area contributed by atoms with Gasteiger partial charge in [-0.3, -0.25) is 9.48 Å². The Morgan fingerprint density at radius 3 is 2.80 bits per heavy atom. The van der Waals surface area contributed by atoms with E-state index >= 15 is 0 Å². The molecule has 0 bridgehead atoms. The fourth-order valence-corrected chi connectivity index (χ4v) is 1.92. The lowest BCUT2D eigenvalue weighted by Gasteiger charge is -2.09. The van der Waals surface area contributed by atoms with Crippen LogP contribution in [0.2, 0.25) is 0 Å². The van der Waals surface area contributed by atoms with Crippen LogP contribution in [0.15, 0.2) is 36.5 Å². The standard InChI is InChI=1S/C16H20N2O2/c1-4-12(2)18-10-9-14(17-18)11-20-16-8-6-5-7-15(16)13(3)19/h5-10,12H,4,11H2,1-3H3. The molecule has 1 unspecified atom stereocenters. The summed E-state index contributed by atoms with van der Waals surface area (Å²) in [4.78, 5) is 11.5. The quantitative estimate of drug-likeness (QED) is 0.754. The minimum Gasteiger partial charge on any atom is -0.486 e. The number of hydrogen-bond acceptors (Lipinski definition) is 3. The summed E-state index contributed by atoms with van der Waals surface area (Å²) < 4.78 is 7.65. The highest BCUT2D eigenvalue weighted by molar-refractivity contribution is 5.96. The summed E-state index contributed by atoms with van der Waals surface area (Å²) in [5.74, 6) is 0.615. The lowest BCUT2D eigenvalue weighted by atomic mass is 10.1. The van der Waals surface area contributed by atoms with Crippen molar-refractivity contribution in [3.8, 4) is 5.75 Å². The van der Waals surface area contributed by atoms with E-state index in [4.69, 9.17) is 4.74 Å². The molecular formula is C16H20N2O2. The Hall–Kier alpha value is -2.10. The maximum absolute atomic E-state index is 11.5. The lowest BCUT2D eigenvalue weighted by molar-refractivity contribution is 0.101. The van der Waals surface area contributed by atoms with Gasteiger partial charge in [0.15, 0.2) is 5.78 Å². The summed E-state index contributed by atoms with van der Waals surface area (Å²) in [6, 6.07) is 9.61. The van der Waals surface area contributed by atoms with Crippen molar-refractivity contribution < 1.29 is 9.53 Å². The molecule has 0 saturated heterocycles. The third kappa shape index (κ3) is 3.26. The second-order valence-electron chi connectivity index (χ2n) is 4.89. The van der Waals surface area contributed by atoms with Gasteiger partial charge in [0.25, 0.3) is 0 Å². The molecule has 1 aromatic heterocycles. The average molecular weight is 272 g/mol. The van der Waals surface area contributed by atoms with Gasteiger partial charge in [-0.25, -0.2) is 0 Å². The van der Waals surface area contributed by atoms with E-state index in [2.05, 4.69) is 18.9 Å². The monoisotopic (exact) mass is 272 g/mol. The molecule has 0 fully saturated rings. The van der Waals surface area contributed by atoms with Gasteiger partial charge in [0.2, 0.25) is 0 Å². The highest BCUT2D eigenvalue weighted by Crippen LogP contribution is 2.19. The maximum atomic E-state index is 11.5. The van der Waals surface area contributed by atoms with Crippen molar-refractivity contribution in [1.29, 1.82) is 0 Å². The fourth-order valence-electron chi connectivity index (χ4n) is 1.92. The number of hydrogen-bond donors (Lipinski definition) is 0. The molecule has 0 amide bonds. The van der Waals surface area contributed by atoms with Crippen molar-refractivity contribution >= 4 is 5.78 Å². The molecule has 4 heteroatoms. The summed E-state index contributed by atoms with van der Waals surface area (Å²) >= 11 is 0. The maximum Gasteiger partial charge on any atom is 0.163 e. The van der Waals surface area contributed by atoms with Crippen LogP contribution in [0, 0.1) is 0 Å². The lowest BCUT2D eigenvalue weighted by Crippen LogP contribution is -2.06. The van der Waals surface area contributed by atoms with E-state index in [-0.39, 0.29) is 5.78 Å². The second-order valence-corrected chi connectivity index (χ2v) is 4.89. The SMILES string of the molecule is CCC(C)n1ccc(COc2ccccc2C(C)=O)n1. The van der Waals surface area contributed by atoms with Gasteiger partial charge in [-0.1, -0.05) is 19.1 Å². The van der Waals surface area contributed by atoms with Gasteiger partial charge in [0, 0.05) is 12.2 Å². The van der Waals surface area contributed by atoms with Crippen LogP contribution in [0.3, 0.4) is 0 Å². The normalized spacial score (nSPS) is 12.2. The minimum absolute atomic E-state index is 0.00531. The zero-order valence-corrected chi connectivity index (χ0v) is 12.2. The van der Waals surface area contributed by atoms with Crippen LogP contribution in [0.5, 0.6) is 5.75 Å². The zero-order valence-electron chi connectivity index (χ0n) is 12.2. The molecule has 0 spiro atoms. The molecule has 1 aromatic carbocycles. The number of aromatic nitrogens is 2. The van der Waals surface area contributed by atoms with Gasteiger partial charge < -0.3 is 4.74 Å². The first-order valence-electron chi connectivity index (χ1n) is 6.88. The van der Waals surface area contributed by atoms with E-state index in [1.165, 1.54) is 0 Å². The van der Waals surface area contributed by atoms with Gasteiger partial charge in [-0.05, 0) is 38.5 Å². The van der Waals surface area contributed by atoms with Crippen molar-refractivity contribution in [3.05, 3.63) is 47.8 Å². The number of rotatable bonds is 6. The van der Waals surface area contributed by atoms with E-state index in [0.717, 1.165) is 12.1 Å². The van der Waals surface area contributed by atoms with Crippen LogP contribution in [0.1, 0.15) is 49.3 Å². The van der Waals surface area contributed by atoms with Crippen molar-refractivity contribution in [1.82, 2.24) is 9.78 Å². The number of benzene rings is 1. The highest BCUT2D eigenvalue weighted by atomic mass is 16.5. The summed E-state index contributed by atoms with van der Waals surface area (Å²) in [5, 5.41) is 4.48. The van der Waals surface area contributed by atoms with Gasteiger partial charge in [0.05, 0.1) is 11.3 Å². The topological polar surface area (TPSA) is 44.1 Å². The van der Waals surface area contributed by atoms with Crippen molar-refractivity contribution in [2.75, 3.05) is 0 Å². The van der Waals surface area contributed by atoms with E-state index < -0.39 is 0 Å². The Balaban J connectivity index is 2.06. The molecule has 0 aliphatic carbocycles.